The summed E-state index contributed by atoms with van der Waals surface area (Å²) in [6, 6.07) is 25.0. The first-order valence-corrected chi connectivity index (χ1v) is 14.1. The minimum Gasteiger partial charge on any atom is -0.352 e. The molecule has 0 spiro atoms. The molecular formula is C30H30N2O2S2. The first-order valence-electron chi connectivity index (χ1n) is 12.4. The van der Waals surface area contributed by atoms with Crippen molar-refractivity contribution >= 4 is 34.5 Å². The van der Waals surface area contributed by atoms with E-state index in [1.165, 1.54) is 26.4 Å². The van der Waals surface area contributed by atoms with Crippen LogP contribution in [0.1, 0.15) is 35.3 Å². The van der Waals surface area contributed by atoms with Crippen LogP contribution in [0.5, 0.6) is 0 Å². The third-order valence-electron chi connectivity index (χ3n) is 6.93. The highest BCUT2D eigenvalue weighted by Crippen LogP contribution is 2.34. The van der Waals surface area contributed by atoms with Crippen LogP contribution in [-0.2, 0) is 22.7 Å². The topological polar surface area (TPSA) is 58.2 Å². The van der Waals surface area contributed by atoms with E-state index in [9.17, 15) is 9.59 Å². The monoisotopic (exact) mass is 514 g/mol. The van der Waals surface area contributed by atoms with Crippen LogP contribution < -0.4 is 10.6 Å². The third-order valence-corrected chi connectivity index (χ3v) is 9.08. The standard InChI is InChI=1S/C30H30N2O2S2/c1-20-6-2-3-7-24(20)22-13-11-21(12-14-22)18-31-29(33)25-8-4-9-26(25)30(34)32-19-23-15-16-28(36-23)27-10-5-17-35-27/h2-3,5-7,10-17,25-26H,4,8-9,18-19H2,1H3,(H,31,33)(H,32,34)/t25-,26-/m1/s1. The van der Waals surface area contributed by atoms with Gasteiger partial charge < -0.3 is 10.6 Å². The summed E-state index contributed by atoms with van der Waals surface area (Å²) >= 11 is 3.42. The zero-order valence-electron chi connectivity index (χ0n) is 20.3. The Balaban J connectivity index is 1.13. The molecule has 2 aromatic carbocycles. The molecule has 1 aliphatic carbocycles. The first kappa shape index (κ1) is 24.5. The summed E-state index contributed by atoms with van der Waals surface area (Å²) in [6.07, 6.45) is 2.43. The van der Waals surface area contributed by atoms with Gasteiger partial charge in [-0.05, 0) is 65.6 Å². The molecule has 2 amide bonds. The van der Waals surface area contributed by atoms with Gasteiger partial charge in [-0.25, -0.2) is 0 Å². The summed E-state index contributed by atoms with van der Waals surface area (Å²) in [5, 5.41) is 8.22. The number of carbonyl (C=O) groups excluding carboxylic acids is 2. The molecule has 2 N–H and O–H groups in total. The Morgan fingerprint density at radius 3 is 2.22 bits per heavy atom. The van der Waals surface area contributed by atoms with Gasteiger partial charge in [0, 0.05) is 33.0 Å². The summed E-state index contributed by atoms with van der Waals surface area (Å²) in [7, 11) is 0. The number of rotatable bonds is 8. The molecule has 1 saturated carbocycles. The first-order chi connectivity index (χ1) is 17.6. The van der Waals surface area contributed by atoms with E-state index in [1.54, 1.807) is 22.7 Å². The lowest BCUT2D eigenvalue weighted by Crippen LogP contribution is -2.39. The van der Waals surface area contributed by atoms with E-state index in [-0.39, 0.29) is 23.7 Å². The average molecular weight is 515 g/mol. The maximum Gasteiger partial charge on any atom is 0.224 e. The van der Waals surface area contributed by atoms with Gasteiger partial charge in [0.2, 0.25) is 11.8 Å². The lowest BCUT2D eigenvalue weighted by Gasteiger charge is -2.19. The van der Waals surface area contributed by atoms with Crippen molar-refractivity contribution in [3.63, 3.8) is 0 Å². The SMILES string of the molecule is Cc1ccccc1-c1ccc(CNC(=O)[C@@H]2CCC[C@H]2C(=O)NCc2ccc(-c3cccs3)s2)cc1. The molecule has 4 nitrogen and oxygen atoms in total. The Morgan fingerprint density at radius 1 is 0.806 bits per heavy atom. The molecule has 184 valence electrons. The molecule has 0 saturated heterocycles. The maximum absolute atomic E-state index is 13.0. The van der Waals surface area contributed by atoms with Crippen molar-refractivity contribution in [1.29, 1.82) is 0 Å². The zero-order valence-corrected chi connectivity index (χ0v) is 22.0. The molecule has 36 heavy (non-hydrogen) atoms. The molecular weight excluding hydrogens is 484 g/mol. The van der Waals surface area contributed by atoms with Crippen molar-refractivity contribution in [1.82, 2.24) is 10.6 Å². The summed E-state index contributed by atoms with van der Waals surface area (Å²) < 4.78 is 0. The van der Waals surface area contributed by atoms with Crippen molar-refractivity contribution in [3.8, 4) is 20.9 Å². The quantitative estimate of drug-likeness (QED) is 0.272. The summed E-state index contributed by atoms with van der Waals surface area (Å²) in [4.78, 5) is 29.5. The van der Waals surface area contributed by atoms with Gasteiger partial charge in [0.25, 0.3) is 0 Å². The predicted octanol–water partition coefficient (Wildman–Crippen LogP) is 6.80. The van der Waals surface area contributed by atoms with Crippen molar-refractivity contribution in [3.05, 3.63) is 94.2 Å². The van der Waals surface area contributed by atoms with E-state index in [2.05, 4.69) is 77.5 Å². The highest BCUT2D eigenvalue weighted by Gasteiger charge is 2.37. The van der Waals surface area contributed by atoms with E-state index >= 15 is 0 Å². The Morgan fingerprint density at radius 2 is 1.53 bits per heavy atom. The Hall–Kier alpha value is -3.22. The molecule has 2 atom stereocenters. The molecule has 2 aromatic heterocycles. The number of nitrogens with one attached hydrogen (secondary N) is 2. The fourth-order valence-electron chi connectivity index (χ4n) is 4.94. The zero-order chi connectivity index (χ0) is 24.9. The van der Waals surface area contributed by atoms with Gasteiger partial charge in [-0.3, -0.25) is 9.59 Å². The molecule has 2 heterocycles. The number of thiophene rings is 2. The van der Waals surface area contributed by atoms with E-state index in [1.807, 2.05) is 18.2 Å². The van der Waals surface area contributed by atoms with Gasteiger partial charge in [-0.1, -0.05) is 61.0 Å². The van der Waals surface area contributed by atoms with Crippen molar-refractivity contribution in [2.45, 2.75) is 39.3 Å². The van der Waals surface area contributed by atoms with Gasteiger partial charge in [0.1, 0.15) is 0 Å². The summed E-state index contributed by atoms with van der Waals surface area (Å²) in [5.74, 6) is -0.556. The van der Waals surface area contributed by atoms with E-state index in [4.69, 9.17) is 0 Å². The Labute approximate surface area is 220 Å². The van der Waals surface area contributed by atoms with Crippen molar-refractivity contribution < 1.29 is 9.59 Å². The highest BCUT2D eigenvalue weighted by atomic mass is 32.1. The van der Waals surface area contributed by atoms with Gasteiger partial charge in [-0.15, -0.1) is 22.7 Å². The van der Waals surface area contributed by atoms with E-state index in [0.29, 0.717) is 13.1 Å². The second-order valence-corrected chi connectivity index (χ2v) is 11.5. The molecule has 0 unspecified atom stereocenters. The van der Waals surface area contributed by atoms with Gasteiger partial charge in [0.15, 0.2) is 0 Å². The summed E-state index contributed by atoms with van der Waals surface area (Å²) in [5.41, 5.74) is 4.69. The number of carbonyl (C=O) groups is 2. The number of hydrogen-bond acceptors (Lipinski definition) is 4. The van der Waals surface area contributed by atoms with Crippen LogP contribution in [-0.4, -0.2) is 11.8 Å². The molecule has 0 bridgehead atoms. The van der Waals surface area contributed by atoms with E-state index < -0.39 is 0 Å². The largest absolute Gasteiger partial charge is 0.352 e. The average Bonchev–Trinajstić information content (AvgIpc) is 3.68. The van der Waals surface area contributed by atoms with Crippen LogP contribution in [0.25, 0.3) is 20.9 Å². The second-order valence-electron chi connectivity index (χ2n) is 9.33. The minimum absolute atomic E-state index is 0.0127. The van der Waals surface area contributed by atoms with Crippen LogP contribution in [0, 0.1) is 18.8 Å². The summed E-state index contributed by atoms with van der Waals surface area (Å²) in [6.45, 7) is 3.09. The number of amides is 2. The number of benzene rings is 2. The van der Waals surface area contributed by atoms with Crippen LogP contribution in [0.2, 0.25) is 0 Å². The molecule has 1 fully saturated rings. The predicted molar refractivity (Wildman–Crippen MR) is 149 cm³/mol. The van der Waals surface area contributed by atoms with Crippen LogP contribution in [0.15, 0.2) is 78.2 Å². The maximum atomic E-state index is 13.0. The fraction of sp³-hybridized carbons (Fsp3) is 0.267. The van der Waals surface area contributed by atoms with Gasteiger partial charge in [0.05, 0.1) is 6.54 Å². The molecule has 1 aliphatic rings. The molecule has 5 rings (SSSR count). The Bertz CT molecular complexity index is 1330. The number of aryl methyl sites for hydroxylation is 1. The van der Waals surface area contributed by atoms with Crippen LogP contribution >= 0.6 is 22.7 Å². The van der Waals surface area contributed by atoms with Crippen molar-refractivity contribution in [2.75, 3.05) is 0 Å². The van der Waals surface area contributed by atoms with Crippen LogP contribution in [0.3, 0.4) is 0 Å². The minimum atomic E-state index is -0.263. The molecule has 0 radical (unpaired) electrons. The van der Waals surface area contributed by atoms with Crippen LogP contribution in [0.4, 0.5) is 0 Å². The lowest BCUT2D eigenvalue weighted by molar-refractivity contribution is -0.133. The second kappa shape index (κ2) is 11.2. The number of hydrogen-bond donors (Lipinski definition) is 2. The highest BCUT2D eigenvalue weighted by molar-refractivity contribution is 7.21. The Kier molecular flexibility index (Phi) is 7.63. The molecule has 6 heteroatoms. The van der Waals surface area contributed by atoms with E-state index in [0.717, 1.165) is 29.7 Å². The normalized spacial score (nSPS) is 17.1. The smallest absolute Gasteiger partial charge is 0.224 e. The van der Waals surface area contributed by atoms with Crippen molar-refractivity contribution in [2.24, 2.45) is 11.8 Å². The lowest BCUT2D eigenvalue weighted by atomic mass is 9.94. The third kappa shape index (κ3) is 5.61. The van der Waals surface area contributed by atoms with Gasteiger partial charge >= 0.3 is 0 Å². The molecule has 0 aliphatic heterocycles. The fourth-order valence-corrected chi connectivity index (χ4v) is 6.72. The molecule has 4 aromatic rings. The van der Waals surface area contributed by atoms with Gasteiger partial charge in [-0.2, -0.15) is 0 Å².